The molecule has 0 radical (unpaired) electrons. The lowest BCUT2D eigenvalue weighted by molar-refractivity contribution is 0.627. The van der Waals surface area contributed by atoms with E-state index < -0.39 is 0 Å². The Kier molecular flexibility index (Phi) is 4.00. The van der Waals surface area contributed by atoms with Crippen molar-refractivity contribution in [3.8, 4) is 11.1 Å². The van der Waals surface area contributed by atoms with Gasteiger partial charge in [-0.15, -0.1) is 0 Å². The van der Waals surface area contributed by atoms with E-state index in [1.165, 1.54) is 12.1 Å². The Labute approximate surface area is 112 Å². The molecule has 0 fully saturated rings. The monoisotopic (exact) mass is 263 g/mol. The molecule has 2 aromatic carbocycles. The molecule has 0 aliphatic carbocycles. The van der Waals surface area contributed by atoms with Crippen LogP contribution in [0.2, 0.25) is 5.02 Å². The zero-order chi connectivity index (χ0) is 13.1. The molecule has 1 N–H and O–H groups in total. The highest BCUT2D eigenvalue weighted by Gasteiger charge is 2.05. The maximum Gasteiger partial charge on any atom is 0.124 e. The summed E-state index contributed by atoms with van der Waals surface area (Å²) in [4.78, 5) is 0. The van der Waals surface area contributed by atoms with Gasteiger partial charge in [0.1, 0.15) is 5.82 Å². The number of aryl methyl sites for hydroxylation is 1. The minimum Gasteiger partial charge on any atom is -0.316 e. The van der Waals surface area contributed by atoms with Gasteiger partial charge in [0.05, 0.1) is 0 Å². The quantitative estimate of drug-likeness (QED) is 0.876. The molecule has 2 aromatic rings. The first kappa shape index (κ1) is 13.1. The standard InChI is InChI=1S/C15H15ClFN/c1-10-5-13(7-14(17)6-10)11-3-4-12(9-18-2)15(16)8-11/h3-8,18H,9H2,1-2H3. The van der Waals surface area contributed by atoms with Crippen LogP contribution in [-0.2, 0) is 6.54 Å². The second-order valence-corrected chi connectivity index (χ2v) is 4.76. The van der Waals surface area contributed by atoms with Crippen molar-refractivity contribution in [2.45, 2.75) is 13.5 Å². The van der Waals surface area contributed by atoms with Crippen molar-refractivity contribution in [2.24, 2.45) is 0 Å². The molecule has 94 valence electrons. The van der Waals surface area contributed by atoms with Gasteiger partial charge < -0.3 is 5.32 Å². The summed E-state index contributed by atoms with van der Waals surface area (Å²) in [6, 6.07) is 10.8. The first-order valence-corrected chi connectivity index (χ1v) is 6.18. The van der Waals surface area contributed by atoms with Crippen LogP contribution in [0.15, 0.2) is 36.4 Å². The molecule has 0 saturated carbocycles. The van der Waals surface area contributed by atoms with Crippen LogP contribution in [0.1, 0.15) is 11.1 Å². The molecule has 0 heterocycles. The van der Waals surface area contributed by atoms with E-state index in [1.54, 1.807) is 0 Å². The average molecular weight is 264 g/mol. The van der Waals surface area contributed by atoms with E-state index in [1.807, 2.05) is 38.2 Å². The van der Waals surface area contributed by atoms with Crippen LogP contribution in [-0.4, -0.2) is 7.05 Å². The lowest BCUT2D eigenvalue weighted by Crippen LogP contribution is -2.05. The molecule has 0 atom stereocenters. The predicted octanol–water partition coefficient (Wildman–Crippen LogP) is 4.17. The third kappa shape index (κ3) is 2.89. The van der Waals surface area contributed by atoms with E-state index in [0.29, 0.717) is 5.02 Å². The topological polar surface area (TPSA) is 12.0 Å². The van der Waals surface area contributed by atoms with E-state index in [0.717, 1.165) is 28.8 Å². The highest BCUT2D eigenvalue weighted by molar-refractivity contribution is 6.31. The summed E-state index contributed by atoms with van der Waals surface area (Å²) < 4.78 is 13.4. The highest BCUT2D eigenvalue weighted by atomic mass is 35.5. The molecule has 0 unspecified atom stereocenters. The van der Waals surface area contributed by atoms with Crippen molar-refractivity contribution < 1.29 is 4.39 Å². The minimum absolute atomic E-state index is 0.222. The number of nitrogens with one attached hydrogen (secondary N) is 1. The van der Waals surface area contributed by atoms with Crippen LogP contribution >= 0.6 is 11.6 Å². The minimum atomic E-state index is -0.222. The molecule has 2 rings (SSSR count). The number of halogens is 2. The van der Waals surface area contributed by atoms with Crippen molar-refractivity contribution in [1.82, 2.24) is 5.32 Å². The van der Waals surface area contributed by atoms with Crippen LogP contribution in [0.5, 0.6) is 0 Å². The maximum absolute atomic E-state index is 13.4. The summed E-state index contributed by atoms with van der Waals surface area (Å²) in [5.74, 6) is -0.222. The lowest BCUT2D eigenvalue weighted by atomic mass is 10.0. The summed E-state index contributed by atoms with van der Waals surface area (Å²) in [6.07, 6.45) is 0. The van der Waals surface area contributed by atoms with Gasteiger partial charge in [0.2, 0.25) is 0 Å². The smallest absolute Gasteiger partial charge is 0.124 e. The third-order valence-corrected chi connectivity index (χ3v) is 3.15. The van der Waals surface area contributed by atoms with E-state index >= 15 is 0 Å². The van der Waals surface area contributed by atoms with Gasteiger partial charge in [0.25, 0.3) is 0 Å². The molecule has 0 aliphatic rings. The van der Waals surface area contributed by atoms with E-state index in [9.17, 15) is 4.39 Å². The molecule has 18 heavy (non-hydrogen) atoms. The molecule has 0 aromatic heterocycles. The second kappa shape index (κ2) is 5.51. The van der Waals surface area contributed by atoms with Crippen LogP contribution in [0.25, 0.3) is 11.1 Å². The predicted molar refractivity (Wildman–Crippen MR) is 74.3 cm³/mol. The summed E-state index contributed by atoms with van der Waals surface area (Å²) in [7, 11) is 1.88. The van der Waals surface area contributed by atoms with Crippen molar-refractivity contribution in [3.05, 3.63) is 58.4 Å². The Bertz CT molecular complexity index is 546. The van der Waals surface area contributed by atoms with Gasteiger partial charge in [-0.3, -0.25) is 0 Å². The normalized spacial score (nSPS) is 10.7. The number of hydrogen-bond acceptors (Lipinski definition) is 1. The summed E-state index contributed by atoms with van der Waals surface area (Å²) >= 11 is 6.20. The highest BCUT2D eigenvalue weighted by Crippen LogP contribution is 2.27. The Balaban J connectivity index is 2.42. The van der Waals surface area contributed by atoms with Gasteiger partial charge in [-0.25, -0.2) is 4.39 Å². The maximum atomic E-state index is 13.4. The van der Waals surface area contributed by atoms with Gasteiger partial charge in [0, 0.05) is 11.6 Å². The van der Waals surface area contributed by atoms with Crippen LogP contribution in [0, 0.1) is 12.7 Å². The van der Waals surface area contributed by atoms with E-state index in [-0.39, 0.29) is 5.82 Å². The van der Waals surface area contributed by atoms with Gasteiger partial charge >= 0.3 is 0 Å². The second-order valence-electron chi connectivity index (χ2n) is 4.35. The molecular weight excluding hydrogens is 249 g/mol. The molecular formula is C15H15ClFN. The Hall–Kier alpha value is -1.38. The fourth-order valence-electron chi connectivity index (χ4n) is 1.96. The van der Waals surface area contributed by atoms with E-state index in [2.05, 4.69) is 5.32 Å². The SMILES string of the molecule is CNCc1ccc(-c2cc(C)cc(F)c2)cc1Cl. The molecule has 0 bridgehead atoms. The van der Waals surface area contributed by atoms with Crippen LogP contribution < -0.4 is 5.32 Å². The molecule has 0 aliphatic heterocycles. The van der Waals surface area contributed by atoms with E-state index in [4.69, 9.17) is 11.6 Å². The number of rotatable bonds is 3. The largest absolute Gasteiger partial charge is 0.316 e. The summed E-state index contributed by atoms with van der Waals surface area (Å²) in [6.45, 7) is 2.60. The lowest BCUT2D eigenvalue weighted by Gasteiger charge is -2.08. The zero-order valence-corrected chi connectivity index (χ0v) is 11.2. The van der Waals surface area contributed by atoms with Gasteiger partial charge in [-0.1, -0.05) is 29.8 Å². The van der Waals surface area contributed by atoms with Crippen molar-refractivity contribution >= 4 is 11.6 Å². The summed E-state index contributed by atoms with van der Waals surface area (Å²) in [5.41, 5.74) is 3.73. The van der Waals surface area contributed by atoms with Crippen molar-refractivity contribution in [1.29, 1.82) is 0 Å². The first-order chi connectivity index (χ1) is 8.60. The molecule has 0 amide bonds. The fourth-order valence-corrected chi connectivity index (χ4v) is 2.21. The van der Waals surface area contributed by atoms with Gasteiger partial charge in [0.15, 0.2) is 0 Å². The summed E-state index contributed by atoms with van der Waals surface area (Å²) in [5, 5.41) is 3.76. The van der Waals surface area contributed by atoms with Crippen molar-refractivity contribution in [2.75, 3.05) is 7.05 Å². The fraction of sp³-hybridized carbons (Fsp3) is 0.200. The molecule has 1 nitrogen and oxygen atoms in total. The Morgan fingerprint density at radius 1 is 1.11 bits per heavy atom. The van der Waals surface area contributed by atoms with Gasteiger partial charge in [-0.05, 0) is 54.4 Å². The molecule has 3 heteroatoms. The number of hydrogen-bond donors (Lipinski definition) is 1. The number of benzene rings is 2. The van der Waals surface area contributed by atoms with Crippen LogP contribution in [0.3, 0.4) is 0 Å². The third-order valence-electron chi connectivity index (χ3n) is 2.80. The van der Waals surface area contributed by atoms with Crippen LogP contribution in [0.4, 0.5) is 4.39 Å². The average Bonchev–Trinajstić information content (AvgIpc) is 2.30. The molecule has 0 saturated heterocycles. The zero-order valence-electron chi connectivity index (χ0n) is 10.4. The molecule has 0 spiro atoms. The van der Waals surface area contributed by atoms with Crippen molar-refractivity contribution in [3.63, 3.8) is 0 Å². The Morgan fingerprint density at radius 2 is 1.89 bits per heavy atom. The van der Waals surface area contributed by atoms with Gasteiger partial charge in [-0.2, -0.15) is 0 Å². The first-order valence-electron chi connectivity index (χ1n) is 5.81. The Morgan fingerprint density at radius 3 is 2.50 bits per heavy atom.